The summed E-state index contributed by atoms with van der Waals surface area (Å²) in [5.74, 6) is -1.16. The van der Waals surface area contributed by atoms with Crippen molar-refractivity contribution in [2.45, 2.75) is 32.7 Å². The Balaban J connectivity index is 2.16. The van der Waals surface area contributed by atoms with Crippen LogP contribution in [-0.4, -0.2) is 23.7 Å². The predicted molar refractivity (Wildman–Crippen MR) is 75.3 cm³/mol. The molecule has 0 saturated carbocycles. The molecule has 5 nitrogen and oxygen atoms in total. The Morgan fingerprint density at radius 3 is 2.74 bits per heavy atom. The summed E-state index contributed by atoms with van der Waals surface area (Å²) in [6.07, 6.45) is 1.23. The number of carbonyl (C=O) groups is 2. The van der Waals surface area contributed by atoms with Crippen LogP contribution in [0.25, 0.3) is 0 Å². The molecule has 2 amide bonds. The number of rotatable bonds is 7. The third kappa shape index (κ3) is 5.74. The summed E-state index contributed by atoms with van der Waals surface area (Å²) >= 11 is 1.60. The van der Waals surface area contributed by atoms with Crippen molar-refractivity contribution >= 4 is 23.3 Å². The van der Waals surface area contributed by atoms with Gasteiger partial charge in [0, 0.05) is 6.54 Å². The molecule has 2 atom stereocenters. The number of thiophene rings is 1. The van der Waals surface area contributed by atoms with Crippen LogP contribution in [0, 0.1) is 5.92 Å². The van der Waals surface area contributed by atoms with Gasteiger partial charge in [-0.05, 0) is 42.2 Å². The number of hydrogen-bond donors (Lipinski definition) is 3. The van der Waals surface area contributed by atoms with E-state index in [2.05, 4.69) is 10.6 Å². The molecule has 1 heterocycles. The second-order valence-electron chi connectivity index (χ2n) is 4.56. The molecule has 0 saturated heterocycles. The lowest BCUT2D eigenvalue weighted by Crippen LogP contribution is -2.37. The van der Waals surface area contributed by atoms with Crippen LogP contribution in [0.3, 0.4) is 0 Å². The van der Waals surface area contributed by atoms with Crippen molar-refractivity contribution < 1.29 is 14.7 Å². The molecule has 0 bridgehead atoms. The molecule has 1 rings (SSSR count). The SMILES string of the molecule is CC(CCCNC(=O)NC(C)c1ccsc1)C(=O)O. The van der Waals surface area contributed by atoms with Crippen LogP contribution in [0.5, 0.6) is 0 Å². The molecule has 0 fully saturated rings. The van der Waals surface area contributed by atoms with Gasteiger partial charge >= 0.3 is 12.0 Å². The number of carboxylic acids is 1. The molecule has 19 heavy (non-hydrogen) atoms. The van der Waals surface area contributed by atoms with Gasteiger partial charge in [-0.15, -0.1) is 0 Å². The quantitative estimate of drug-likeness (QED) is 0.673. The van der Waals surface area contributed by atoms with Gasteiger partial charge in [-0.3, -0.25) is 4.79 Å². The normalized spacial score (nSPS) is 13.6. The van der Waals surface area contributed by atoms with Gasteiger partial charge in [0.2, 0.25) is 0 Å². The number of amides is 2. The van der Waals surface area contributed by atoms with E-state index in [4.69, 9.17) is 5.11 Å². The second-order valence-corrected chi connectivity index (χ2v) is 5.34. The zero-order chi connectivity index (χ0) is 14.3. The van der Waals surface area contributed by atoms with Gasteiger partial charge < -0.3 is 15.7 Å². The summed E-state index contributed by atoms with van der Waals surface area (Å²) in [7, 11) is 0. The molecule has 0 aliphatic heterocycles. The lowest BCUT2D eigenvalue weighted by molar-refractivity contribution is -0.141. The molecule has 1 aromatic heterocycles. The van der Waals surface area contributed by atoms with E-state index in [0.717, 1.165) is 5.56 Å². The first kappa shape index (κ1) is 15.5. The fraction of sp³-hybridized carbons (Fsp3) is 0.538. The molecule has 6 heteroatoms. The number of hydrogen-bond acceptors (Lipinski definition) is 3. The topological polar surface area (TPSA) is 78.4 Å². The van der Waals surface area contributed by atoms with E-state index in [1.165, 1.54) is 0 Å². The highest BCUT2D eigenvalue weighted by molar-refractivity contribution is 7.07. The van der Waals surface area contributed by atoms with Crippen LogP contribution < -0.4 is 10.6 Å². The van der Waals surface area contributed by atoms with Gasteiger partial charge in [0.15, 0.2) is 0 Å². The first-order valence-electron chi connectivity index (χ1n) is 6.30. The minimum Gasteiger partial charge on any atom is -0.481 e. The van der Waals surface area contributed by atoms with Gasteiger partial charge in [0.25, 0.3) is 0 Å². The zero-order valence-corrected chi connectivity index (χ0v) is 12.0. The summed E-state index contributed by atoms with van der Waals surface area (Å²) in [5.41, 5.74) is 1.08. The van der Waals surface area contributed by atoms with Gasteiger partial charge in [-0.1, -0.05) is 6.92 Å². The fourth-order valence-electron chi connectivity index (χ4n) is 1.59. The Kier molecular flexibility index (Phi) is 6.35. The van der Waals surface area contributed by atoms with Crippen molar-refractivity contribution in [3.8, 4) is 0 Å². The van der Waals surface area contributed by atoms with Crippen LogP contribution in [-0.2, 0) is 4.79 Å². The standard InChI is InChI=1S/C13H20N2O3S/c1-9(12(16)17)4-3-6-14-13(18)15-10(2)11-5-7-19-8-11/h5,7-10H,3-4,6H2,1-2H3,(H,16,17)(H2,14,15,18). The Morgan fingerprint density at radius 1 is 1.42 bits per heavy atom. The summed E-state index contributed by atoms with van der Waals surface area (Å²) in [4.78, 5) is 22.2. The highest BCUT2D eigenvalue weighted by Crippen LogP contribution is 2.15. The highest BCUT2D eigenvalue weighted by atomic mass is 32.1. The average molecular weight is 284 g/mol. The summed E-state index contributed by atoms with van der Waals surface area (Å²) in [6, 6.07) is 1.73. The maximum absolute atomic E-state index is 11.6. The average Bonchev–Trinajstić information content (AvgIpc) is 2.87. The zero-order valence-electron chi connectivity index (χ0n) is 11.2. The summed E-state index contributed by atoms with van der Waals surface area (Å²) in [5, 5.41) is 18.3. The number of carbonyl (C=O) groups excluding carboxylic acids is 1. The van der Waals surface area contributed by atoms with Crippen molar-refractivity contribution in [1.82, 2.24) is 10.6 Å². The van der Waals surface area contributed by atoms with E-state index >= 15 is 0 Å². The molecule has 106 valence electrons. The third-order valence-electron chi connectivity index (χ3n) is 2.91. The molecule has 0 spiro atoms. The van der Waals surface area contributed by atoms with Crippen molar-refractivity contribution in [1.29, 1.82) is 0 Å². The number of urea groups is 1. The molecule has 0 aliphatic carbocycles. The van der Waals surface area contributed by atoms with Crippen LogP contribution in [0.2, 0.25) is 0 Å². The van der Waals surface area contributed by atoms with Crippen molar-refractivity contribution in [3.05, 3.63) is 22.4 Å². The Labute approximate surface area is 117 Å². The van der Waals surface area contributed by atoms with E-state index in [1.807, 2.05) is 23.8 Å². The maximum Gasteiger partial charge on any atom is 0.315 e. The maximum atomic E-state index is 11.6. The first-order valence-corrected chi connectivity index (χ1v) is 7.24. The van der Waals surface area contributed by atoms with E-state index in [0.29, 0.717) is 19.4 Å². The summed E-state index contributed by atoms with van der Waals surface area (Å²) < 4.78 is 0. The minimum absolute atomic E-state index is 0.0239. The first-order chi connectivity index (χ1) is 9.00. The Bertz CT molecular complexity index is 406. The van der Waals surface area contributed by atoms with Crippen LogP contribution in [0.1, 0.15) is 38.3 Å². The number of nitrogens with one attached hydrogen (secondary N) is 2. The summed E-state index contributed by atoms with van der Waals surface area (Å²) in [6.45, 7) is 4.08. The van der Waals surface area contributed by atoms with Crippen molar-refractivity contribution in [2.75, 3.05) is 6.54 Å². The van der Waals surface area contributed by atoms with Gasteiger partial charge in [-0.2, -0.15) is 11.3 Å². The molecule has 0 radical (unpaired) electrons. The lowest BCUT2D eigenvalue weighted by Gasteiger charge is -2.13. The van der Waals surface area contributed by atoms with E-state index < -0.39 is 5.97 Å². The molecule has 0 aromatic carbocycles. The van der Waals surface area contributed by atoms with Crippen LogP contribution in [0.4, 0.5) is 4.79 Å². The molecule has 2 unspecified atom stereocenters. The van der Waals surface area contributed by atoms with E-state index in [-0.39, 0.29) is 18.0 Å². The van der Waals surface area contributed by atoms with E-state index in [9.17, 15) is 9.59 Å². The number of aliphatic carboxylic acids is 1. The highest BCUT2D eigenvalue weighted by Gasteiger charge is 2.11. The molecule has 0 aliphatic rings. The van der Waals surface area contributed by atoms with Gasteiger partial charge in [0.1, 0.15) is 0 Å². The van der Waals surface area contributed by atoms with Crippen molar-refractivity contribution in [3.63, 3.8) is 0 Å². The van der Waals surface area contributed by atoms with Crippen molar-refractivity contribution in [2.24, 2.45) is 5.92 Å². The molecule has 3 N–H and O–H groups in total. The molecular formula is C13H20N2O3S. The lowest BCUT2D eigenvalue weighted by atomic mass is 10.1. The fourth-order valence-corrected chi connectivity index (χ4v) is 2.34. The van der Waals surface area contributed by atoms with Gasteiger partial charge in [-0.25, -0.2) is 4.79 Å². The largest absolute Gasteiger partial charge is 0.481 e. The van der Waals surface area contributed by atoms with Gasteiger partial charge in [0.05, 0.1) is 12.0 Å². The minimum atomic E-state index is -0.796. The number of carboxylic acid groups (broad SMARTS) is 1. The monoisotopic (exact) mass is 284 g/mol. The molecular weight excluding hydrogens is 264 g/mol. The van der Waals surface area contributed by atoms with Crippen LogP contribution in [0.15, 0.2) is 16.8 Å². The van der Waals surface area contributed by atoms with Crippen LogP contribution >= 0.6 is 11.3 Å². The second kappa shape index (κ2) is 7.78. The smallest absolute Gasteiger partial charge is 0.315 e. The Hall–Kier alpha value is -1.56. The Morgan fingerprint density at radius 2 is 2.16 bits per heavy atom. The predicted octanol–water partition coefficient (Wildman–Crippen LogP) is 2.61. The molecule has 1 aromatic rings. The third-order valence-corrected chi connectivity index (χ3v) is 3.61. The van der Waals surface area contributed by atoms with E-state index in [1.54, 1.807) is 18.3 Å².